The van der Waals surface area contributed by atoms with Crippen molar-refractivity contribution in [1.29, 1.82) is 0 Å². The van der Waals surface area contributed by atoms with Gasteiger partial charge in [0.05, 0.1) is 5.92 Å². The molecular formula is C17H18BrNO2. The van der Waals surface area contributed by atoms with E-state index in [0.717, 1.165) is 29.3 Å². The van der Waals surface area contributed by atoms with E-state index in [9.17, 15) is 9.59 Å². The van der Waals surface area contributed by atoms with Gasteiger partial charge in [0.2, 0.25) is 11.8 Å². The highest BCUT2D eigenvalue weighted by Crippen LogP contribution is 2.42. The van der Waals surface area contributed by atoms with Gasteiger partial charge in [0.15, 0.2) is 0 Å². The molecule has 4 heteroatoms. The molecule has 1 aromatic rings. The number of allylic oxidation sites excluding steroid dienone is 2. The molecule has 3 unspecified atom stereocenters. The monoisotopic (exact) mass is 347 g/mol. The summed E-state index contributed by atoms with van der Waals surface area (Å²) in [6.07, 6.45) is 7.88. The molecule has 1 aliphatic carbocycles. The summed E-state index contributed by atoms with van der Waals surface area (Å²) in [5, 5.41) is 2.51. The summed E-state index contributed by atoms with van der Waals surface area (Å²) in [4.78, 5) is 24.3. The molecule has 3 nitrogen and oxygen atoms in total. The topological polar surface area (TPSA) is 46.2 Å². The van der Waals surface area contributed by atoms with Crippen LogP contribution in [0.5, 0.6) is 0 Å². The third-order valence-corrected chi connectivity index (χ3v) is 5.27. The Bertz CT molecular complexity index is 596. The molecule has 0 bridgehead atoms. The standard InChI is InChI=1S/C17H18BrNO2/c18-14-9-5-4-8-12(14)16-13(10-15(20)19-17(16)21)11-6-2-1-3-7-11/h1-2,4-5,8-9,11,13,16H,3,6-7,10H2,(H,19,20,21). The van der Waals surface area contributed by atoms with Crippen LogP contribution in [0.1, 0.15) is 37.2 Å². The Hall–Kier alpha value is -1.42. The summed E-state index contributed by atoms with van der Waals surface area (Å²) in [5.74, 6) is -0.0349. The van der Waals surface area contributed by atoms with Gasteiger partial charge < -0.3 is 0 Å². The summed E-state index contributed by atoms with van der Waals surface area (Å²) in [6, 6.07) is 7.83. The number of nitrogens with one attached hydrogen (secondary N) is 1. The minimum absolute atomic E-state index is 0.0925. The molecule has 1 aliphatic heterocycles. The average molecular weight is 348 g/mol. The maximum atomic E-state index is 12.4. The SMILES string of the molecule is O=C1CC(C2CC=CCC2)C(c2ccccc2Br)C(=O)N1. The summed E-state index contributed by atoms with van der Waals surface area (Å²) >= 11 is 3.55. The number of piperidine rings is 1. The highest BCUT2D eigenvalue weighted by molar-refractivity contribution is 9.10. The van der Waals surface area contributed by atoms with E-state index < -0.39 is 0 Å². The van der Waals surface area contributed by atoms with Crippen molar-refractivity contribution in [1.82, 2.24) is 5.32 Å². The quantitative estimate of drug-likeness (QED) is 0.656. The maximum Gasteiger partial charge on any atom is 0.234 e. The molecule has 21 heavy (non-hydrogen) atoms. The van der Waals surface area contributed by atoms with E-state index in [4.69, 9.17) is 0 Å². The van der Waals surface area contributed by atoms with Gasteiger partial charge in [0, 0.05) is 10.9 Å². The molecule has 0 aromatic heterocycles. The fraction of sp³-hybridized carbons (Fsp3) is 0.412. The summed E-state index contributed by atoms with van der Waals surface area (Å²) < 4.78 is 0.941. The normalized spacial score (nSPS) is 29.3. The van der Waals surface area contributed by atoms with Crippen LogP contribution in [0.3, 0.4) is 0 Å². The summed E-state index contributed by atoms with van der Waals surface area (Å²) in [5.41, 5.74) is 0.988. The first-order valence-electron chi connectivity index (χ1n) is 7.40. The lowest BCUT2D eigenvalue weighted by molar-refractivity contribution is -0.137. The largest absolute Gasteiger partial charge is 0.296 e. The lowest BCUT2D eigenvalue weighted by Gasteiger charge is -2.37. The van der Waals surface area contributed by atoms with Gasteiger partial charge >= 0.3 is 0 Å². The van der Waals surface area contributed by atoms with Crippen LogP contribution in [-0.4, -0.2) is 11.8 Å². The Kier molecular flexibility index (Phi) is 4.24. The van der Waals surface area contributed by atoms with Crippen molar-refractivity contribution in [3.8, 4) is 0 Å². The van der Waals surface area contributed by atoms with Crippen molar-refractivity contribution in [3.05, 3.63) is 46.5 Å². The van der Waals surface area contributed by atoms with Gasteiger partial charge in [-0.15, -0.1) is 0 Å². The fourth-order valence-electron chi connectivity index (χ4n) is 3.54. The van der Waals surface area contributed by atoms with E-state index >= 15 is 0 Å². The number of amides is 2. The smallest absolute Gasteiger partial charge is 0.234 e. The first-order chi connectivity index (χ1) is 10.2. The number of carbonyl (C=O) groups is 2. The maximum absolute atomic E-state index is 12.4. The predicted octanol–water partition coefficient (Wildman–Crippen LogP) is 3.55. The molecule has 2 aliphatic rings. The number of rotatable bonds is 2. The van der Waals surface area contributed by atoms with E-state index in [1.807, 2.05) is 24.3 Å². The zero-order valence-electron chi connectivity index (χ0n) is 11.7. The van der Waals surface area contributed by atoms with Crippen molar-refractivity contribution in [3.63, 3.8) is 0 Å². The van der Waals surface area contributed by atoms with Crippen molar-refractivity contribution >= 4 is 27.7 Å². The van der Waals surface area contributed by atoms with E-state index in [1.54, 1.807) is 0 Å². The molecular weight excluding hydrogens is 330 g/mol. The van der Waals surface area contributed by atoms with Gasteiger partial charge in [-0.05, 0) is 42.7 Å². The van der Waals surface area contributed by atoms with Gasteiger partial charge in [-0.2, -0.15) is 0 Å². The minimum atomic E-state index is -0.241. The van der Waals surface area contributed by atoms with Crippen LogP contribution in [0.2, 0.25) is 0 Å². The van der Waals surface area contributed by atoms with E-state index in [-0.39, 0.29) is 23.7 Å². The van der Waals surface area contributed by atoms with Crippen LogP contribution in [0, 0.1) is 11.8 Å². The minimum Gasteiger partial charge on any atom is -0.296 e. The molecule has 2 amide bonds. The number of carbonyl (C=O) groups excluding carboxylic acids is 2. The average Bonchev–Trinajstić information content (AvgIpc) is 2.49. The Morgan fingerprint density at radius 1 is 1.14 bits per heavy atom. The molecule has 1 N–H and O–H groups in total. The molecule has 3 atom stereocenters. The first-order valence-corrected chi connectivity index (χ1v) is 8.19. The van der Waals surface area contributed by atoms with Crippen LogP contribution >= 0.6 is 15.9 Å². The van der Waals surface area contributed by atoms with Crippen molar-refractivity contribution in [2.24, 2.45) is 11.8 Å². The Labute approximate surface area is 132 Å². The number of benzene rings is 1. The predicted molar refractivity (Wildman–Crippen MR) is 84.6 cm³/mol. The molecule has 0 spiro atoms. The third kappa shape index (κ3) is 2.95. The first kappa shape index (κ1) is 14.5. The second-order valence-corrected chi connectivity index (χ2v) is 6.68. The Morgan fingerprint density at radius 3 is 2.67 bits per heavy atom. The van der Waals surface area contributed by atoms with Crippen molar-refractivity contribution in [2.45, 2.75) is 31.6 Å². The molecule has 0 radical (unpaired) electrons. The van der Waals surface area contributed by atoms with Crippen LogP contribution in [0.25, 0.3) is 0 Å². The zero-order chi connectivity index (χ0) is 14.8. The van der Waals surface area contributed by atoms with E-state index in [2.05, 4.69) is 33.4 Å². The molecule has 0 saturated carbocycles. The molecule has 1 saturated heterocycles. The Morgan fingerprint density at radius 2 is 1.95 bits per heavy atom. The number of halogens is 1. The highest BCUT2D eigenvalue weighted by atomic mass is 79.9. The number of imide groups is 1. The lowest BCUT2D eigenvalue weighted by atomic mass is 9.70. The van der Waals surface area contributed by atoms with Crippen LogP contribution in [-0.2, 0) is 9.59 Å². The van der Waals surface area contributed by atoms with Crippen LogP contribution < -0.4 is 5.32 Å². The second-order valence-electron chi connectivity index (χ2n) is 5.82. The molecule has 1 heterocycles. The van der Waals surface area contributed by atoms with Gasteiger partial charge in [0.25, 0.3) is 0 Å². The molecule has 1 fully saturated rings. The highest BCUT2D eigenvalue weighted by Gasteiger charge is 2.41. The van der Waals surface area contributed by atoms with Crippen molar-refractivity contribution in [2.75, 3.05) is 0 Å². The van der Waals surface area contributed by atoms with Gasteiger partial charge in [-0.1, -0.05) is 46.3 Å². The molecule has 3 rings (SSSR count). The Balaban J connectivity index is 1.97. The van der Waals surface area contributed by atoms with Gasteiger partial charge in [0.1, 0.15) is 0 Å². The lowest BCUT2D eigenvalue weighted by Crippen LogP contribution is -2.46. The third-order valence-electron chi connectivity index (χ3n) is 4.55. The van der Waals surface area contributed by atoms with Gasteiger partial charge in [-0.25, -0.2) is 0 Å². The second kappa shape index (κ2) is 6.14. The van der Waals surface area contributed by atoms with Gasteiger partial charge in [-0.3, -0.25) is 14.9 Å². The summed E-state index contributed by atoms with van der Waals surface area (Å²) in [6.45, 7) is 0. The number of hydrogen-bond donors (Lipinski definition) is 1. The summed E-state index contributed by atoms with van der Waals surface area (Å²) in [7, 11) is 0. The van der Waals surface area contributed by atoms with E-state index in [0.29, 0.717) is 12.3 Å². The van der Waals surface area contributed by atoms with Crippen LogP contribution in [0.15, 0.2) is 40.9 Å². The van der Waals surface area contributed by atoms with Crippen LogP contribution in [0.4, 0.5) is 0 Å². The molecule has 1 aromatic carbocycles. The van der Waals surface area contributed by atoms with E-state index in [1.165, 1.54) is 0 Å². The number of hydrogen-bond acceptors (Lipinski definition) is 2. The molecule has 110 valence electrons. The van der Waals surface area contributed by atoms with Crippen molar-refractivity contribution < 1.29 is 9.59 Å². The fourth-order valence-corrected chi connectivity index (χ4v) is 4.07. The zero-order valence-corrected chi connectivity index (χ0v) is 13.3.